The van der Waals surface area contributed by atoms with Crippen LogP contribution in [0, 0.1) is 6.92 Å². The highest BCUT2D eigenvalue weighted by Gasteiger charge is 2.04. The van der Waals surface area contributed by atoms with Crippen molar-refractivity contribution in [3.05, 3.63) is 29.3 Å². The molecule has 0 aliphatic carbocycles. The van der Waals surface area contributed by atoms with E-state index in [1.165, 1.54) is 0 Å². The Morgan fingerprint density at radius 3 is 2.75 bits per heavy atom. The highest BCUT2D eigenvalue weighted by atomic mass is 16.5. The summed E-state index contributed by atoms with van der Waals surface area (Å²) in [5.41, 5.74) is 2.06. The SMILES string of the molecule is CCC(O)CCNC(=O)NCc1ccc(OC)c(C)c1. The standard InChI is InChI=1S/C15H24N2O3/c1-4-13(18)7-8-16-15(19)17-10-12-5-6-14(20-3)11(2)9-12/h5-6,9,13,18H,4,7-8,10H2,1-3H3,(H2,16,17,19). The second kappa shape index (κ2) is 8.43. The van der Waals surface area contributed by atoms with Crippen molar-refractivity contribution in [3.8, 4) is 5.75 Å². The van der Waals surface area contributed by atoms with Crippen molar-refractivity contribution in [2.45, 2.75) is 39.3 Å². The number of methoxy groups -OCH3 is 1. The molecule has 1 rings (SSSR count). The summed E-state index contributed by atoms with van der Waals surface area (Å²) in [6.45, 7) is 4.82. The van der Waals surface area contributed by atoms with Crippen molar-refractivity contribution in [2.24, 2.45) is 0 Å². The summed E-state index contributed by atoms with van der Waals surface area (Å²) in [5, 5.41) is 14.9. The zero-order valence-electron chi connectivity index (χ0n) is 12.4. The van der Waals surface area contributed by atoms with Crippen LogP contribution in [0.4, 0.5) is 4.79 Å². The van der Waals surface area contributed by atoms with E-state index in [0.717, 1.165) is 16.9 Å². The number of hydrogen-bond acceptors (Lipinski definition) is 3. The fourth-order valence-electron chi connectivity index (χ4n) is 1.85. The molecule has 0 spiro atoms. The first kappa shape index (κ1) is 16.3. The molecule has 1 aromatic rings. The number of amides is 2. The topological polar surface area (TPSA) is 70.6 Å². The van der Waals surface area contributed by atoms with Gasteiger partial charge in [0.2, 0.25) is 0 Å². The molecule has 5 heteroatoms. The second-order valence-corrected chi connectivity index (χ2v) is 4.76. The predicted octanol–water partition coefficient (Wildman–Crippen LogP) is 1.96. The fourth-order valence-corrected chi connectivity index (χ4v) is 1.85. The van der Waals surface area contributed by atoms with E-state index in [0.29, 0.717) is 25.9 Å². The van der Waals surface area contributed by atoms with Crippen LogP contribution in [0.3, 0.4) is 0 Å². The zero-order valence-corrected chi connectivity index (χ0v) is 12.4. The van der Waals surface area contributed by atoms with Crippen LogP contribution < -0.4 is 15.4 Å². The van der Waals surface area contributed by atoms with Gasteiger partial charge in [-0.25, -0.2) is 4.79 Å². The lowest BCUT2D eigenvalue weighted by Crippen LogP contribution is -2.36. The Kier molecular flexibility index (Phi) is 6.87. The maximum Gasteiger partial charge on any atom is 0.315 e. The first-order valence-electron chi connectivity index (χ1n) is 6.90. The highest BCUT2D eigenvalue weighted by Crippen LogP contribution is 2.18. The van der Waals surface area contributed by atoms with E-state index in [-0.39, 0.29) is 12.1 Å². The third kappa shape index (κ3) is 5.48. The molecular weight excluding hydrogens is 256 g/mol. The van der Waals surface area contributed by atoms with Gasteiger partial charge in [-0.15, -0.1) is 0 Å². The molecule has 0 fully saturated rings. The molecule has 3 N–H and O–H groups in total. The van der Waals surface area contributed by atoms with E-state index in [1.54, 1.807) is 7.11 Å². The van der Waals surface area contributed by atoms with E-state index in [4.69, 9.17) is 4.74 Å². The molecule has 0 saturated carbocycles. The van der Waals surface area contributed by atoms with Crippen LogP contribution in [0.1, 0.15) is 30.9 Å². The van der Waals surface area contributed by atoms with Gasteiger partial charge in [-0.2, -0.15) is 0 Å². The maximum atomic E-state index is 11.6. The third-order valence-electron chi connectivity index (χ3n) is 3.15. The number of aryl methyl sites for hydroxylation is 1. The zero-order chi connectivity index (χ0) is 15.0. The summed E-state index contributed by atoms with van der Waals surface area (Å²) < 4.78 is 5.19. The number of carbonyl (C=O) groups is 1. The summed E-state index contributed by atoms with van der Waals surface area (Å²) in [5.74, 6) is 0.840. The number of carbonyl (C=O) groups excluding carboxylic acids is 1. The average molecular weight is 280 g/mol. The van der Waals surface area contributed by atoms with Gasteiger partial charge in [0.05, 0.1) is 13.2 Å². The Bertz CT molecular complexity index is 435. The lowest BCUT2D eigenvalue weighted by atomic mass is 10.1. The number of aliphatic hydroxyl groups is 1. The lowest BCUT2D eigenvalue weighted by Gasteiger charge is -2.11. The molecule has 0 aliphatic heterocycles. The Labute approximate surface area is 120 Å². The van der Waals surface area contributed by atoms with Gasteiger partial charge in [0.25, 0.3) is 0 Å². The van der Waals surface area contributed by atoms with Crippen molar-refractivity contribution < 1.29 is 14.6 Å². The van der Waals surface area contributed by atoms with Gasteiger partial charge >= 0.3 is 6.03 Å². The molecule has 1 atom stereocenters. The van der Waals surface area contributed by atoms with E-state index >= 15 is 0 Å². The minimum Gasteiger partial charge on any atom is -0.496 e. The first-order valence-corrected chi connectivity index (χ1v) is 6.90. The van der Waals surface area contributed by atoms with Gasteiger partial charge in [-0.1, -0.05) is 19.1 Å². The van der Waals surface area contributed by atoms with Crippen LogP contribution in [0.25, 0.3) is 0 Å². The molecule has 1 unspecified atom stereocenters. The minimum absolute atomic E-state index is 0.221. The molecule has 112 valence electrons. The van der Waals surface area contributed by atoms with Crippen molar-refractivity contribution in [1.82, 2.24) is 10.6 Å². The highest BCUT2D eigenvalue weighted by molar-refractivity contribution is 5.73. The number of nitrogens with one attached hydrogen (secondary N) is 2. The van der Waals surface area contributed by atoms with Gasteiger partial charge < -0.3 is 20.5 Å². The van der Waals surface area contributed by atoms with Crippen molar-refractivity contribution >= 4 is 6.03 Å². The van der Waals surface area contributed by atoms with Gasteiger partial charge in [0, 0.05) is 13.1 Å². The average Bonchev–Trinajstić information content (AvgIpc) is 2.45. The molecule has 0 radical (unpaired) electrons. The molecule has 0 heterocycles. The fraction of sp³-hybridized carbons (Fsp3) is 0.533. The molecule has 1 aromatic carbocycles. The third-order valence-corrected chi connectivity index (χ3v) is 3.15. The van der Waals surface area contributed by atoms with Gasteiger partial charge in [-0.05, 0) is 37.0 Å². The molecule has 0 aliphatic rings. The number of benzene rings is 1. The Hall–Kier alpha value is -1.75. The maximum absolute atomic E-state index is 11.6. The summed E-state index contributed by atoms with van der Waals surface area (Å²) in [6, 6.07) is 5.58. The molecule has 0 saturated heterocycles. The van der Waals surface area contributed by atoms with Crippen LogP contribution in [0.15, 0.2) is 18.2 Å². The van der Waals surface area contributed by atoms with Crippen LogP contribution in [-0.4, -0.2) is 30.9 Å². The smallest absolute Gasteiger partial charge is 0.315 e. The Balaban J connectivity index is 2.32. The largest absolute Gasteiger partial charge is 0.496 e. The monoisotopic (exact) mass is 280 g/mol. The summed E-state index contributed by atoms with van der Waals surface area (Å²) in [7, 11) is 1.64. The van der Waals surface area contributed by atoms with Gasteiger partial charge in [-0.3, -0.25) is 0 Å². The van der Waals surface area contributed by atoms with Crippen LogP contribution in [0.2, 0.25) is 0 Å². The van der Waals surface area contributed by atoms with E-state index < -0.39 is 0 Å². The second-order valence-electron chi connectivity index (χ2n) is 4.76. The quantitative estimate of drug-likeness (QED) is 0.715. The number of urea groups is 1. The molecular formula is C15H24N2O3. The molecule has 20 heavy (non-hydrogen) atoms. The van der Waals surface area contributed by atoms with Crippen LogP contribution in [-0.2, 0) is 6.54 Å². The number of aliphatic hydroxyl groups excluding tert-OH is 1. The molecule has 0 bridgehead atoms. The number of hydrogen-bond donors (Lipinski definition) is 3. The summed E-state index contributed by atoms with van der Waals surface area (Å²) >= 11 is 0. The van der Waals surface area contributed by atoms with E-state index in [9.17, 15) is 9.90 Å². The lowest BCUT2D eigenvalue weighted by molar-refractivity contribution is 0.160. The number of rotatable bonds is 7. The van der Waals surface area contributed by atoms with Crippen molar-refractivity contribution in [1.29, 1.82) is 0 Å². The summed E-state index contributed by atoms with van der Waals surface area (Å²) in [6.07, 6.45) is 0.930. The van der Waals surface area contributed by atoms with E-state index in [1.807, 2.05) is 32.0 Å². The molecule has 0 aromatic heterocycles. The Morgan fingerprint density at radius 2 is 2.15 bits per heavy atom. The van der Waals surface area contributed by atoms with E-state index in [2.05, 4.69) is 10.6 Å². The summed E-state index contributed by atoms with van der Waals surface area (Å²) in [4.78, 5) is 11.6. The van der Waals surface area contributed by atoms with Crippen LogP contribution >= 0.6 is 0 Å². The molecule has 5 nitrogen and oxygen atoms in total. The van der Waals surface area contributed by atoms with Crippen LogP contribution in [0.5, 0.6) is 5.75 Å². The van der Waals surface area contributed by atoms with Crippen molar-refractivity contribution in [3.63, 3.8) is 0 Å². The first-order chi connectivity index (χ1) is 9.56. The Morgan fingerprint density at radius 1 is 1.40 bits per heavy atom. The van der Waals surface area contributed by atoms with Gasteiger partial charge in [0.1, 0.15) is 5.75 Å². The molecule has 2 amide bonds. The normalized spacial score (nSPS) is 11.8. The van der Waals surface area contributed by atoms with Gasteiger partial charge in [0.15, 0.2) is 0 Å². The van der Waals surface area contributed by atoms with Crippen molar-refractivity contribution in [2.75, 3.05) is 13.7 Å². The minimum atomic E-state index is -0.348. The predicted molar refractivity (Wildman–Crippen MR) is 78.9 cm³/mol. The number of ether oxygens (including phenoxy) is 1.